The van der Waals surface area contributed by atoms with Crippen LogP contribution >= 0.6 is 0 Å². The molecule has 10 nitrogen and oxygen atoms in total. The highest BCUT2D eigenvalue weighted by Crippen LogP contribution is 2.18. The Balaban J connectivity index is 1.35. The summed E-state index contributed by atoms with van der Waals surface area (Å²) in [6.07, 6.45) is 0. The SMILES string of the molecule is Cc1ccc(-n2nc(C)cc2NC(=O)COC(=O)Cn2nc(-c3ccc(F)cc3)oc2=O)cc1. The molecule has 0 spiro atoms. The summed E-state index contributed by atoms with van der Waals surface area (Å²) in [5.74, 6) is -2.45. The second-order valence-corrected chi connectivity index (χ2v) is 7.46. The van der Waals surface area contributed by atoms with Crippen LogP contribution in [0.3, 0.4) is 0 Å². The predicted molar refractivity (Wildman–Crippen MR) is 119 cm³/mol. The Morgan fingerprint density at radius 2 is 1.76 bits per heavy atom. The maximum atomic E-state index is 13.1. The Morgan fingerprint density at radius 3 is 2.47 bits per heavy atom. The number of amides is 1. The molecule has 0 aliphatic rings. The first-order valence-electron chi connectivity index (χ1n) is 10.2. The molecule has 4 aromatic rings. The fraction of sp³-hybridized carbons (Fsp3) is 0.174. The fourth-order valence-electron chi connectivity index (χ4n) is 3.08. The monoisotopic (exact) mass is 465 g/mol. The molecule has 11 heteroatoms. The summed E-state index contributed by atoms with van der Waals surface area (Å²) in [5, 5.41) is 10.9. The summed E-state index contributed by atoms with van der Waals surface area (Å²) < 4.78 is 25.3. The second-order valence-electron chi connectivity index (χ2n) is 7.46. The number of anilines is 1. The number of halogens is 1. The summed E-state index contributed by atoms with van der Waals surface area (Å²) in [5.41, 5.74) is 2.90. The van der Waals surface area contributed by atoms with Gasteiger partial charge in [0.05, 0.1) is 11.4 Å². The van der Waals surface area contributed by atoms with Crippen molar-refractivity contribution in [1.29, 1.82) is 0 Å². The topological polar surface area (TPSA) is 121 Å². The number of carbonyl (C=O) groups is 2. The van der Waals surface area contributed by atoms with E-state index in [0.717, 1.165) is 15.9 Å². The summed E-state index contributed by atoms with van der Waals surface area (Å²) in [6, 6.07) is 14.4. The van der Waals surface area contributed by atoms with E-state index in [2.05, 4.69) is 15.5 Å². The lowest BCUT2D eigenvalue weighted by molar-refractivity contribution is -0.148. The zero-order valence-corrected chi connectivity index (χ0v) is 18.3. The average Bonchev–Trinajstić information content (AvgIpc) is 3.35. The molecule has 2 heterocycles. The van der Waals surface area contributed by atoms with Gasteiger partial charge in [0.25, 0.3) is 5.91 Å². The van der Waals surface area contributed by atoms with Crippen molar-refractivity contribution >= 4 is 17.7 Å². The van der Waals surface area contributed by atoms with Gasteiger partial charge < -0.3 is 14.5 Å². The van der Waals surface area contributed by atoms with Crippen LogP contribution in [0.2, 0.25) is 0 Å². The number of esters is 1. The molecular weight excluding hydrogens is 445 g/mol. The Bertz CT molecular complexity index is 1390. The van der Waals surface area contributed by atoms with E-state index in [4.69, 9.17) is 9.15 Å². The summed E-state index contributed by atoms with van der Waals surface area (Å²) >= 11 is 0. The van der Waals surface area contributed by atoms with Crippen LogP contribution in [0.5, 0.6) is 0 Å². The van der Waals surface area contributed by atoms with Gasteiger partial charge in [-0.2, -0.15) is 9.78 Å². The van der Waals surface area contributed by atoms with Gasteiger partial charge in [-0.25, -0.2) is 13.9 Å². The molecule has 4 rings (SSSR count). The molecule has 2 aromatic carbocycles. The van der Waals surface area contributed by atoms with E-state index in [1.807, 2.05) is 31.2 Å². The van der Waals surface area contributed by atoms with Gasteiger partial charge in [0.15, 0.2) is 6.61 Å². The zero-order valence-electron chi connectivity index (χ0n) is 18.3. The number of ether oxygens (including phenoxy) is 1. The van der Waals surface area contributed by atoms with Crippen molar-refractivity contribution in [3.8, 4) is 17.1 Å². The molecule has 0 radical (unpaired) electrons. The Hall–Kier alpha value is -4.54. The molecule has 34 heavy (non-hydrogen) atoms. The van der Waals surface area contributed by atoms with Crippen LogP contribution in [0.1, 0.15) is 11.3 Å². The van der Waals surface area contributed by atoms with Gasteiger partial charge in [-0.05, 0) is 50.2 Å². The zero-order chi connectivity index (χ0) is 24.2. The molecule has 0 saturated heterocycles. The van der Waals surface area contributed by atoms with Crippen LogP contribution in [-0.4, -0.2) is 38.0 Å². The molecule has 0 fully saturated rings. The quantitative estimate of drug-likeness (QED) is 0.417. The number of nitrogens with one attached hydrogen (secondary N) is 1. The highest BCUT2D eigenvalue weighted by atomic mass is 19.1. The van der Waals surface area contributed by atoms with Gasteiger partial charge in [-0.3, -0.25) is 9.59 Å². The average molecular weight is 465 g/mol. The molecule has 0 unspecified atom stereocenters. The highest BCUT2D eigenvalue weighted by molar-refractivity contribution is 5.92. The number of hydrogen-bond acceptors (Lipinski definition) is 7. The first kappa shape index (κ1) is 22.6. The summed E-state index contributed by atoms with van der Waals surface area (Å²) in [7, 11) is 0. The minimum Gasteiger partial charge on any atom is -0.454 e. The minimum absolute atomic E-state index is 0.0738. The van der Waals surface area contributed by atoms with E-state index in [0.29, 0.717) is 17.1 Å². The summed E-state index contributed by atoms with van der Waals surface area (Å²) in [4.78, 5) is 36.4. The molecule has 1 amide bonds. The largest absolute Gasteiger partial charge is 0.454 e. The van der Waals surface area contributed by atoms with Gasteiger partial charge in [0.2, 0.25) is 5.89 Å². The van der Waals surface area contributed by atoms with E-state index < -0.39 is 36.6 Å². The molecule has 0 aliphatic carbocycles. The molecule has 174 valence electrons. The van der Waals surface area contributed by atoms with Crippen molar-refractivity contribution in [1.82, 2.24) is 19.6 Å². The van der Waals surface area contributed by atoms with Crippen molar-refractivity contribution in [3.05, 3.63) is 82.2 Å². The lowest BCUT2D eigenvalue weighted by Gasteiger charge is -2.09. The van der Waals surface area contributed by atoms with E-state index in [1.54, 1.807) is 17.7 Å². The molecule has 1 N–H and O–H groups in total. The van der Waals surface area contributed by atoms with E-state index in [9.17, 15) is 18.8 Å². The van der Waals surface area contributed by atoms with Gasteiger partial charge in [0.1, 0.15) is 18.2 Å². The molecule has 0 atom stereocenters. The molecule has 0 saturated carbocycles. The number of aryl methyl sites for hydroxylation is 2. The van der Waals surface area contributed by atoms with Gasteiger partial charge in [0, 0.05) is 11.6 Å². The lowest BCUT2D eigenvalue weighted by atomic mass is 10.2. The first-order valence-corrected chi connectivity index (χ1v) is 10.2. The molecule has 0 aliphatic heterocycles. The van der Waals surface area contributed by atoms with Crippen LogP contribution in [0.25, 0.3) is 17.1 Å². The maximum absolute atomic E-state index is 13.1. The third-order valence-electron chi connectivity index (χ3n) is 4.72. The van der Waals surface area contributed by atoms with Crippen molar-refractivity contribution < 1.29 is 23.1 Å². The standard InChI is InChI=1S/C23H20FN5O5/c1-14-3-9-18(10-4-14)29-19(11-15(2)26-29)25-20(30)13-33-21(31)12-28-23(32)34-22(27-28)16-5-7-17(24)8-6-16/h3-11H,12-13H2,1-2H3,(H,25,30). The van der Waals surface area contributed by atoms with E-state index >= 15 is 0 Å². The Morgan fingerprint density at radius 1 is 1.06 bits per heavy atom. The van der Waals surface area contributed by atoms with Crippen LogP contribution < -0.4 is 11.1 Å². The number of benzene rings is 2. The second kappa shape index (κ2) is 9.53. The van der Waals surface area contributed by atoms with Crippen LogP contribution in [0, 0.1) is 19.7 Å². The van der Waals surface area contributed by atoms with Crippen molar-refractivity contribution in [2.75, 3.05) is 11.9 Å². The number of carbonyl (C=O) groups excluding carboxylic acids is 2. The maximum Gasteiger partial charge on any atom is 0.437 e. The molecule has 2 aromatic heterocycles. The number of rotatable bonds is 7. The number of hydrogen-bond donors (Lipinski definition) is 1. The Kier molecular flexibility index (Phi) is 6.35. The van der Waals surface area contributed by atoms with Crippen LogP contribution in [-0.2, 0) is 20.9 Å². The Labute approximate surface area is 192 Å². The first-order chi connectivity index (χ1) is 16.3. The van der Waals surface area contributed by atoms with Crippen molar-refractivity contribution in [3.63, 3.8) is 0 Å². The summed E-state index contributed by atoms with van der Waals surface area (Å²) in [6.45, 7) is 2.62. The molecular formula is C23H20FN5O5. The fourth-order valence-corrected chi connectivity index (χ4v) is 3.08. The van der Waals surface area contributed by atoms with Gasteiger partial charge in [-0.15, -0.1) is 5.10 Å². The van der Waals surface area contributed by atoms with E-state index in [1.165, 1.54) is 24.3 Å². The third kappa shape index (κ3) is 5.26. The van der Waals surface area contributed by atoms with Gasteiger partial charge >= 0.3 is 11.7 Å². The van der Waals surface area contributed by atoms with Crippen molar-refractivity contribution in [2.24, 2.45) is 0 Å². The van der Waals surface area contributed by atoms with Gasteiger partial charge in [-0.1, -0.05) is 17.7 Å². The van der Waals surface area contributed by atoms with Crippen LogP contribution in [0.15, 0.2) is 63.8 Å². The number of aromatic nitrogens is 4. The predicted octanol–water partition coefficient (Wildman–Crippen LogP) is 2.63. The lowest BCUT2D eigenvalue weighted by Crippen LogP contribution is -2.27. The third-order valence-corrected chi connectivity index (χ3v) is 4.72. The minimum atomic E-state index is -0.891. The van der Waals surface area contributed by atoms with E-state index in [-0.39, 0.29) is 5.89 Å². The smallest absolute Gasteiger partial charge is 0.437 e. The number of nitrogens with zero attached hydrogens (tertiary/aromatic N) is 4. The molecule has 0 bridgehead atoms. The highest BCUT2D eigenvalue weighted by Gasteiger charge is 2.16. The van der Waals surface area contributed by atoms with Crippen molar-refractivity contribution in [2.45, 2.75) is 20.4 Å². The normalized spacial score (nSPS) is 10.8. The van der Waals surface area contributed by atoms with Crippen LogP contribution in [0.4, 0.5) is 10.2 Å².